The number of nitrogens with zero attached hydrogens (tertiary/aromatic N) is 3. The first-order valence-corrected chi connectivity index (χ1v) is 8.92. The molecule has 0 saturated heterocycles. The average molecular weight is 330 g/mol. The number of H-pyrrole nitrogens is 1. The number of rotatable bonds is 6. The molecule has 4 nitrogen and oxygen atoms in total. The number of fused-ring (bicyclic) bond motifs is 2. The van der Waals surface area contributed by atoms with Crippen LogP contribution in [0.25, 0.3) is 21.9 Å². The molecule has 0 atom stereocenters. The quantitative estimate of drug-likeness (QED) is 0.370. The smallest absolute Gasteiger partial charge is 0.230 e. The highest BCUT2D eigenvalue weighted by Gasteiger charge is 2.09. The Morgan fingerprint density at radius 1 is 1.08 bits per heavy atom. The second-order valence-corrected chi connectivity index (χ2v) is 6.31. The lowest BCUT2D eigenvalue weighted by Gasteiger charge is -2.05. The van der Waals surface area contributed by atoms with Gasteiger partial charge in [-0.1, -0.05) is 50.1 Å². The predicted octanol–water partition coefficient (Wildman–Crippen LogP) is 5.46. The number of benzene rings is 2. The van der Waals surface area contributed by atoms with Gasteiger partial charge in [-0.3, -0.25) is 0 Å². The van der Waals surface area contributed by atoms with Crippen LogP contribution in [0, 0.1) is 0 Å². The van der Waals surface area contributed by atoms with E-state index in [9.17, 15) is 0 Å². The molecule has 2 aromatic carbocycles. The summed E-state index contributed by atoms with van der Waals surface area (Å²) in [7, 11) is 0. The summed E-state index contributed by atoms with van der Waals surface area (Å²) < 4.78 is 2.23. The van der Waals surface area contributed by atoms with Gasteiger partial charge in [0.25, 0.3) is 0 Å². The first-order valence-electron chi connectivity index (χ1n) is 8.92. The highest BCUT2D eigenvalue weighted by Crippen LogP contribution is 2.23. The molecule has 0 aliphatic carbocycles. The van der Waals surface area contributed by atoms with Crippen LogP contribution in [0.3, 0.4) is 0 Å². The monoisotopic (exact) mass is 330 g/mol. The minimum Gasteiger partial charge on any atom is -0.361 e. The molecule has 0 radical (unpaired) electrons. The molecule has 0 saturated carbocycles. The SMILES string of the molecule is CCCCCn1c(N=Cc2c[nH]c3ccccc23)nc2ccccc21. The van der Waals surface area contributed by atoms with E-state index < -0.39 is 0 Å². The van der Waals surface area contributed by atoms with Crippen molar-refractivity contribution in [3.8, 4) is 0 Å². The van der Waals surface area contributed by atoms with E-state index in [0.29, 0.717) is 0 Å². The molecule has 1 N–H and O–H groups in total. The number of aromatic nitrogens is 3. The van der Waals surface area contributed by atoms with Gasteiger partial charge in [-0.15, -0.1) is 0 Å². The molecule has 0 amide bonds. The van der Waals surface area contributed by atoms with E-state index in [1.54, 1.807) is 0 Å². The Hall–Kier alpha value is -2.88. The second-order valence-electron chi connectivity index (χ2n) is 6.31. The zero-order valence-corrected chi connectivity index (χ0v) is 14.4. The third-order valence-electron chi connectivity index (χ3n) is 4.56. The summed E-state index contributed by atoms with van der Waals surface area (Å²) in [6.07, 6.45) is 7.49. The lowest BCUT2D eigenvalue weighted by Crippen LogP contribution is -1.97. The van der Waals surface area contributed by atoms with E-state index in [1.165, 1.54) is 18.2 Å². The van der Waals surface area contributed by atoms with Crippen molar-refractivity contribution in [3.63, 3.8) is 0 Å². The number of imidazole rings is 1. The van der Waals surface area contributed by atoms with Crippen LogP contribution >= 0.6 is 0 Å². The molecule has 0 unspecified atom stereocenters. The van der Waals surface area contributed by atoms with Crippen LogP contribution < -0.4 is 0 Å². The van der Waals surface area contributed by atoms with E-state index in [0.717, 1.165) is 41.0 Å². The van der Waals surface area contributed by atoms with E-state index in [4.69, 9.17) is 9.98 Å². The van der Waals surface area contributed by atoms with Crippen LogP contribution in [0.15, 0.2) is 59.7 Å². The fraction of sp³-hybridized carbons (Fsp3) is 0.238. The van der Waals surface area contributed by atoms with Crippen LogP contribution in [-0.4, -0.2) is 20.7 Å². The zero-order valence-electron chi connectivity index (χ0n) is 14.4. The van der Waals surface area contributed by atoms with Gasteiger partial charge < -0.3 is 9.55 Å². The summed E-state index contributed by atoms with van der Waals surface area (Å²) in [6.45, 7) is 3.18. The summed E-state index contributed by atoms with van der Waals surface area (Å²) in [6, 6.07) is 16.5. The first kappa shape index (κ1) is 15.6. The van der Waals surface area contributed by atoms with Gasteiger partial charge in [0.15, 0.2) is 0 Å². The molecule has 0 fully saturated rings. The van der Waals surface area contributed by atoms with Gasteiger partial charge in [-0.2, -0.15) is 0 Å². The molecule has 0 aliphatic heterocycles. The van der Waals surface area contributed by atoms with E-state index in [-0.39, 0.29) is 0 Å². The molecular formula is C21H22N4. The maximum absolute atomic E-state index is 4.73. The average Bonchev–Trinajstić information content (AvgIpc) is 3.22. The van der Waals surface area contributed by atoms with Crippen LogP contribution in [0.2, 0.25) is 0 Å². The van der Waals surface area contributed by atoms with Crippen molar-refractivity contribution in [1.29, 1.82) is 0 Å². The van der Waals surface area contributed by atoms with Crippen LogP contribution in [0.5, 0.6) is 0 Å². The number of aromatic amines is 1. The second kappa shape index (κ2) is 6.93. The van der Waals surface area contributed by atoms with Gasteiger partial charge in [0, 0.05) is 35.4 Å². The zero-order chi connectivity index (χ0) is 17.1. The first-order chi connectivity index (χ1) is 12.4. The highest BCUT2D eigenvalue weighted by atomic mass is 15.2. The Morgan fingerprint density at radius 3 is 2.84 bits per heavy atom. The molecule has 4 heteroatoms. The van der Waals surface area contributed by atoms with Crippen molar-refractivity contribution >= 4 is 34.1 Å². The molecule has 0 spiro atoms. The Kier molecular flexibility index (Phi) is 4.34. The Bertz CT molecular complexity index is 1020. The summed E-state index contributed by atoms with van der Waals surface area (Å²) in [5, 5.41) is 1.18. The fourth-order valence-electron chi connectivity index (χ4n) is 3.23. The molecule has 4 rings (SSSR count). The van der Waals surface area contributed by atoms with E-state index >= 15 is 0 Å². The number of aliphatic imine (C=N–C) groups is 1. The third-order valence-corrected chi connectivity index (χ3v) is 4.56. The van der Waals surface area contributed by atoms with E-state index in [2.05, 4.69) is 46.8 Å². The standard InChI is InChI=1S/C21H22N4/c1-2-3-8-13-25-20-12-7-6-11-19(20)24-21(25)23-15-16-14-22-18-10-5-4-9-17(16)18/h4-7,9-12,14-15,22H,2-3,8,13H2,1H3. The lowest BCUT2D eigenvalue weighted by molar-refractivity contribution is 0.616. The summed E-state index contributed by atoms with van der Waals surface area (Å²) in [5.41, 5.74) is 4.37. The van der Waals surface area contributed by atoms with Gasteiger partial charge >= 0.3 is 0 Å². The number of hydrogen-bond donors (Lipinski definition) is 1. The maximum atomic E-state index is 4.73. The molecule has 4 aromatic rings. The minimum atomic E-state index is 0.780. The Morgan fingerprint density at radius 2 is 1.92 bits per heavy atom. The summed E-state index contributed by atoms with van der Waals surface area (Å²) in [4.78, 5) is 12.7. The number of unbranched alkanes of at least 4 members (excludes halogenated alkanes) is 2. The van der Waals surface area contributed by atoms with E-state index in [1.807, 2.05) is 30.6 Å². The predicted molar refractivity (Wildman–Crippen MR) is 105 cm³/mol. The Labute approximate surface area is 147 Å². The number of nitrogens with one attached hydrogen (secondary N) is 1. The highest BCUT2D eigenvalue weighted by molar-refractivity contribution is 5.99. The van der Waals surface area contributed by atoms with Gasteiger partial charge in [0.05, 0.1) is 11.0 Å². The molecule has 2 heterocycles. The van der Waals surface area contributed by atoms with Crippen molar-refractivity contribution in [2.45, 2.75) is 32.7 Å². The minimum absolute atomic E-state index is 0.780. The van der Waals surface area contributed by atoms with Gasteiger partial charge in [0.1, 0.15) is 0 Å². The molecule has 0 bridgehead atoms. The molecule has 126 valence electrons. The van der Waals surface area contributed by atoms with Gasteiger partial charge in [-0.25, -0.2) is 9.98 Å². The summed E-state index contributed by atoms with van der Waals surface area (Å²) in [5.74, 6) is 0.780. The van der Waals surface area contributed by atoms with Crippen molar-refractivity contribution in [2.75, 3.05) is 0 Å². The number of para-hydroxylation sites is 3. The lowest BCUT2D eigenvalue weighted by atomic mass is 10.2. The fourth-order valence-corrected chi connectivity index (χ4v) is 3.23. The number of hydrogen-bond acceptors (Lipinski definition) is 2. The summed E-state index contributed by atoms with van der Waals surface area (Å²) >= 11 is 0. The molecule has 0 aliphatic rings. The van der Waals surface area contributed by atoms with Crippen molar-refractivity contribution in [3.05, 3.63) is 60.3 Å². The van der Waals surface area contributed by atoms with Gasteiger partial charge in [0.2, 0.25) is 5.95 Å². The van der Waals surface area contributed by atoms with Crippen molar-refractivity contribution < 1.29 is 0 Å². The van der Waals surface area contributed by atoms with Gasteiger partial charge in [-0.05, 0) is 24.6 Å². The topological polar surface area (TPSA) is 46.0 Å². The van der Waals surface area contributed by atoms with Crippen LogP contribution in [-0.2, 0) is 6.54 Å². The van der Waals surface area contributed by atoms with Crippen LogP contribution in [0.1, 0.15) is 31.7 Å². The largest absolute Gasteiger partial charge is 0.361 e. The van der Waals surface area contributed by atoms with Crippen molar-refractivity contribution in [2.24, 2.45) is 4.99 Å². The number of aryl methyl sites for hydroxylation is 1. The van der Waals surface area contributed by atoms with Crippen LogP contribution in [0.4, 0.5) is 5.95 Å². The third kappa shape index (κ3) is 3.07. The Balaban J connectivity index is 1.71. The maximum Gasteiger partial charge on any atom is 0.230 e. The molecule has 25 heavy (non-hydrogen) atoms. The molecular weight excluding hydrogens is 308 g/mol. The van der Waals surface area contributed by atoms with Crippen molar-refractivity contribution in [1.82, 2.24) is 14.5 Å². The normalized spacial score (nSPS) is 11.9. The molecule has 2 aromatic heterocycles.